The number of hydrogen-bond acceptors (Lipinski definition) is 1. The van der Waals surface area contributed by atoms with Crippen LogP contribution in [0.1, 0.15) is 0 Å². The van der Waals surface area contributed by atoms with E-state index in [1.54, 1.807) is 7.11 Å². The predicted octanol–water partition coefficient (Wildman–Crippen LogP) is 4.49. The van der Waals surface area contributed by atoms with Gasteiger partial charge in [-0.05, 0) is 17.7 Å². The first-order chi connectivity index (χ1) is 11.3. The minimum absolute atomic E-state index is 0.905. The van der Waals surface area contributed by atoms with Crippen molar-refractivity contribution in [2.75, 3.05) is 7.11 Å². The second-order valence-electron chi connectivity index (χ2n) is 5.67. The molecule has 0 N–H and O–H groups in total. The van der Waals surface area contributed by atoms with Gasteiger partial charge in [-0.1, -0.05) is 48.5 Å². The summed E-state index contributed by atoms with van der Waals surface area (Å²) in [5.41, 5.74) is 4.82. The number of ether oxygens (including phenoxy) is 1. The van der Waals surface area contributed by atoms with Crippen molar-refractivity contribution in [2.24, 2.45) is 7.05 Å². The molecule has 0 saturated heterocycles. The van der Waals surface area contributed by atoms with Gasteiger partial charge in [0, 0.05) is 17.7 Å². The lowest BCUT2D eigenvalue weighted by Gasteiger charge is -2.13. The number of fused-ring (bicyclic) bond motifs is 2. The predicted molar refractivity (Wildman–Crippen MR) is 94.6 cm³/mol. The summed E-state index contributed by atoms with van der Waals surface area (Å²) < 4.78 is 7.92. The molecule has 0 atom stereocenters. The molecule has 3 aromatic carbocycles. The van der Waals surface area contributed by atoms with Gasteiger partial charge in [0.15, 0.2) is 0 Å². The Balaban J connectivity index is 2.30. The summed E-state index contributed by atoms with van der Waals surface area (Å²) in [6, 6.07) is 25.3. The lowest BCUT2D eigenvalue weighted by Crippen LogP contribution is -2.30. The summed E-state index contributed by atoms with van der Waals surface area (Å²) in [6.07, 6.45) is 0. The highest BCUT2D eigenvalue weighted by Crippen LogP contribution is 2.38. The van der Waals surface area contributed by atoms with E-state index in [1.807, 2.05) is 18.2 Å². The summed E-state index contributed by atoms with van der Waals surface area (Å²) >= 11 is 0. The largest absolute Gasteiger partial charge is 0.496 e. The minimum Gasteiger partial charge on any atom is -0.496 e. The zero-order chi connectivity index (χ0) is 15.8. The van der Waals surface area contributed by atoms with Crippen LogP contribution < -0.4 is 9.30 Å². The summed E-state index contributed by atoms with van der Waals surface area (Å²) in [4.78, 5) is 0. The topological polar surface area (TPSA) is 13.1 Å². The van der Waals surface area contributed by atoms with Crippen molar-refractivity contribution in [1.29, 1.82) is 0 Å². The summed E-state index contributed by atoms with van der Waals surface area (Å²) in [5, 5.41) is 2.39. The average Bonchev–Trinajstić information content (AvgIpc) is 2.62. The average molecular weight is 300 g/mol. The first-order valence-electron chi connectivity index (χ1n) is 7.74. The number of para-hydroxylation sites is 1. The van der Waals surface area contributed by atoms with Crippen molar-refractivity contribution < 1.29 is 9.30 Å². The Labute approximate surface area is 135 Å². The monoisotopic (exact) mass is 300 g/mol. The number of aromatic nitrogens is 1. The van der Waals surface area contributed by atoms with Crippen LogP contribution in [0.2, 0.25) is 0 Å². The molecule has 0 bridgehead atoms. The van der Waals surface area contributed by atoms with Gasteiger partial charge in [0.1, 0.15) is 12.8 Å². The van der Waals surface area contributed by atoms with E-state index >= 15 is 0 Å². The van der Waals surface area contributed by atoms with Crippen LogP contribution in [0.5, 0.6) is 5.75 Å². The third-order valence-electron chi connectivity index (χ3n) is 4.43. The molecule has 0 unspecified atom stereocenters. The van der Waals surface area contributed by atoms with Gasteiger partial charge in [-0.25, -0.2) is 0 Å². The Morgan fingerprint density at radius 2 is 1.43 bits per heavy atom. The van der Waals surface area contributed by atoms with Crippen LogP contribution in [0.25, 0.3) is 32.9 Å². The third-order valence-corrected chi connectivity index (χ3v) is 4.43. The summed E-state index contributed by atoms with van der Waals surface area (Å²) in [5.74, 6) is 0.905. The van der Waals surface area contributed by atoms with E-state index in [1.165, 1.54) is 27.5 Å². The first kappa shape index (κ1) is 13.8. The van der Waals surface area contributed by atoms with Gasteiger partial charge < -0.3 is 4.74 Å². The van der Waals surface area contributed by atoms with Gasteiger partial charge in [0.2, 0.25) is 11.0 Å². The van der Waals surface area contributed by atoms with Crippen LogP contribution in [-0.2, 0) is 7.05 Å². The number of hydrogen-bond donors (Lipinski definition) is 0. The zero-order valence-corrected chi connectivity index (χ0v) is 13.3. The molecule has 112 valence electrons. The van der Waals surface area contributed by atoms with Gasteiger partial charge in [-0.3, -0.25) is 0 Å². The Hall–Kier alpha value is -2.87. The number of pyridine rings is 1. The van der Waals surface area contributed by atoms with E-state index in [2.05, 4.69) is 66.2 Å². The van der Waals surface area contributed by atoms with Crippen molar-refractivity contribution in [3.63, 3.8) is 0 Å². The molecule has 0 spiro atoms. The molecule has 2 nitrogen and oxygen atoms in total. The fraction of sp³-hybridized carbons (Fsp3) is 0.0952. The van der Waals surface area contributed by atoms with Crippen LogP contribution in [0.4, 0.5) is 0 Å². The van der Waals surface area contributed by atoms with Gasteiger partial charge in [0.05, 0.1) is 17.9 Å². The number of aryl methyl sites for hydroxylation is 1. The first-order valence-corrected chi connectivity index (χ1v) is 7.74. The van der Waals surface area contributed by atoms with E-state index in [4.69, 9.17) is 4.74 Å². The number of rotatable bonds is 2. The van der Waals surface area contributed by atoms with Crippen LogP contribution in [0, 0.1) is 0 Å². The van der Waals surface area contributed by atoms with Crippen molar-refractivity contribution in [3.8, 4) is 16.9 Å². The highest BCUT2D eigenvalue weighted by molar-refractivity contribution is 6.09. The van der Waals surface area contributed by atoms with Gasteiger partial charge in [0.25, 0.3) is 0 Å². The van der Waals surface area contributed by atoms with E-state index in [0.29, 0.717) is 0 Å². The standard InChI is InChI=1S/C21H18NO/c1-22-17-12-7-6-11-16(17)20(15-9-4-3-5-10-15)21-18(22)13-8-14-19(21)23-2/h3-14H,1-2H3/q+1. The molecular formula is C21H18NO+. The number of methoxy groups -OCH3 is 1. The van der Waals surface area contributed by atoms with E-state index in [-0.39, 0.29) is 0 Å². The van der Waals surface area contributed by atoms with Crippen LogP contribution in [-0.4, -0.2) is 7.11 Å². The summed E-state index contributed by atoms with van der Waals surface area (Å²) in [7, 11) is 3.84. The lowest BCUT2D eigenvalue weighted by molar-refractivity contribution is -0.617. The fourth-order valence-electron chi connectivity index (χ4n) is 3.37. The van der Waals surface area contributed by atoms with Crippen molar-refractivity contribution >= 4 is 21.8 Å². The third kappa shape index (κ3) is 2.07. The van der Waals surface area contributed by atoms with Gasteiger partial charge >= 0.3 is 0 Å². The minimum atomic E-state index is 0.905. The van der Waals surface area contributed by atoms with Crippen LogP contribution in [0.15, 0.2) is 72.8 Å². The SMILES string of the molecule is COc1cccc2c1c(-c1ccccc1)c1ccccc1[n+]2C. The molecule has 4 rings (SSSR count). The van der Waals surface area contributed by atoms with Crippen molar-refractivity contribution in [2.45, 2.75) is 0 Å². The molecule has 0 fully saturated rings. The van der Waals surface area contributed by atoms with Crippen LogP contribution in [0.3, 0.4) is 0 Å². The number of nitrogens with zero attached hydrogens (tertiary/aromatic N) is 1. The van der Waals surface area contributed by atoms with Crippen molar-refractivity contribution in [1.82, 2.24) is 0 Å². The fourth-order valence-corrected chi connectivity index (χ4v) is 3.37. The van der Waals surface area contributed by atoms with Crippen molar-refractivity contribution in [3.05, 3.63) is 72.8 Å². The number of benzene rings is 3. The molecular weight excluding hydrogens is 282 g/mol. The highest BCUT2D eigenvalue weighted by Gasteiger charge is 2.21. The quantitative estimate of drug-likeness (QED) is 0.392. The van der Waals surface area contributed by atoms with E-state index in [0.717, 1.165) is 11.1 Å². The molecule has 4 aromatic rings. The molecule has 0 radical (unpaired) electrons. The molecule has 0 aliphatic heterocycles. The molecule has 0 aliphatic rings. The molecule has 0 aliphatic carbocycles. The Morgan fingerprint density at radius 3 is 2.22 bits per heavy atom. The molecule has 1 aromatic heterocycles. The van der Waals surface area contributed by atoms with Crippen LogP contribution >= 0.6 is 0 Å². The molecule has 2 heteroatoms. The van der Waals surface area contributed by atoms with Gasteiger partial charge in [-0.2, -0.15) is 4.57 Å². The van der Waals surface area contributed by atoms with E-state index in [9.17, 15) is 0 Å². The Morgan fingerprint density at radius 1 is 0.739 bits per heavy atom. The zero-order valence-electron chi connectivity index (χ0n) is 13.3. The Kier molecular flexibility index (Phi) is 3.23. The molecule has 1 heterocycles. The van der Waals surface area contributed by atoms with Gasteiger partial charge in [-0.15, -0.1) is 0 Å². The molecule has 0 amide bonds. The smallest absolute Gasteiger partial charge is 0.217 e. The second kappa shape index (κ2) is 5.40. The second-order valence-corrected chi connectivity index (χ2v) is 5.67. The maximum absolute atomic E-state index is 5.68. The normalized spacial score (nSPS) is 11.0. The molecule has 23 heavy (non-hydrogen) atoms. The lowest BCUT2D eigenvalue weighted by atomic mass is 9.95. The maximum atomic E-state index is 5.68. The maximum Gasteiger partial charge on any atom is 0.217 e. The molecule has 0 saturated carbocycles. The van der Waals surface area contributed by atoms with E-state index < -0.39 is 0 Å². The highest BCUT2D eigenvalue weighted by atomic mass is 16.5. The summed E-state index contributed by atoms with van der Waals surface area (Å²) in [6.45, 7) is 0. The Bertz CT molecular complexity index is 1010.